The zero-order valence-electron chi connectivity index (χ0n) is 12.7. The van der Waals surface area contributed by atoms with E-state index >= 15 is 0 Å². The molecular weight excluding hydrogens is 312 g/mol. The molecule has 2 aromatic carbocycles. The number of halogens is 1. The van der Waals surface area contributed by atoms with Gasteiger partial charge in [0.15, 0.2) is 0 Å². The summed E-state index contributed by atoms with van der Waals surface area (Å²) in [5.74, 6) is -0.957. The molecule has 1 heterocycles. The van der Waals surface area contributed by atoms with E-state index in [0.29, 0.717) is 5.02 Å². The van der Waals surface area contributed by atoms with E-state index in [1.165, 1.54) is 0 Å². The summed E-state index contributed by atoms with van der Waals surface area (Å²) < 4.78 is 0. The van der Waals surface area contributed by atoms with Gasteiger partial charge in [-0.3, -0.25) is 4.98 Å². The average Bonchev–Trinajstić information content (AvgIpc) is 2.49. The van der Waals surface area contributed by atoms with Crippen LogP contribution in [0.5, 0.6) is 0 Å². The first kappa shape index (κ1) is 15.3. The fraction of sp³-hybridized carbons (Fsp3) is 0.111. The van der Waals surface area contributed by atoms with Gasteiger partial charge in [-0.15, -0.1) is 0 Å². The van der Waals surface area contributed by atoms with Crippen LogP contribution in [0.25, 0.3) is 10.9 Å². The number of carboxylic acids is 1. The number of hydrogen-bond donors (Lipinski definition) is 2. The third-order valence-corrected chi connectivity index (χ3v) is 3.88. The molecule has 0 aliphatic carbocycles. The molecule has 3 rings (SSSR count). The van der Waals surface area contributed by atoms with Crippen molar-refractivity contribution in [2.45, 2.75) is 13.8 Å². The summed E-state index contributed by atoms with van der Waals surface area (Å²) in [5.41, 5.74) is 4.59. The van der Waals surface area contributed by atoms with Crippen molar-refractivity contribution >= 4 is 39.8 Å². The van der Waals surface area contributed by atoms with Crippen LogP contribution >= 0.6 is 11.6 Å². The number of rotatable bonds is 3. The highest BCUT2D eigenvalue weighted by Crippen LogP contribution is 2.29. The Morgan fingerprint density at radius 3 is 2.57 bits per heavy atom. The van der Waals surface area contributed by atoms with E-state index < -0.39 is 5.97 Å². The molecule has 0 bridgehead atoms. The third kappa shape index (κ3) is 3.12. The molecule has 0 amide bonds. The van der Waals surface area contributed by atoms with Gasteiger partial charge in [0, 0.05) is 27.5 Å². The summed E-state index contributed by atoms with van der Waals surface area (Å²) in [7, 11) is 0. The van der Waals surface area contributed by atoms with Crippen LogP contribution < -0.4 is 5.32 Å². The van der Waals surface area contributed by atoms with E-state index in [9.17, 15) is 9.90 Å². The molecule has 0 aliphatic heterocycles. The Bertz CT molecular complexity index is 922. The van der Waals surface area contributed by atoms with Crippen LogP contribution in [-0.4, -0.2) is 16.1 Å². The molecular formula is C18H15ClN2O2. The Morgan fingerprint density at radius 1 is 1.09 bits per heavy atom. The summed E-state index contributed by atoms with van der Waals surface area (Å²) in [6.45, 7) is 3.87. The van der Waals surface area contributed by atoms with Crippen LogP contribution in [0.1, 0.15) is 21.6 Å². The van der Waals surface area contributed by atoms with Gasteiger partial charge in [-0.25, -0.2) is 4.79 Å². The summed E-state index contributed by atoms with van der Waals surface area (Å²) in [6.07, 6.45) is 0. The van der Waals surface area contributed by atoms with Crippen molar-refractivity contribution in [2.75, 3.05) is 5.32 Å². The highest BCUT2D eigenvalue weighted by Gasteiger charge is 2.10. The Kier molecular flexibility index (Phi) is 3.92. The second kappa shape index (κ2) is 5.89. The smallest absolute Gasteiger partial charge is 0.335 e. The zero-order valence-corrected chi connectivity index (χ0v) is 13.5. The normalized spacial score (nSPS) is 10.7. The SMILES string of the molecule is Cc1cc(Nc2ccc(Cl)cc2C)c2cc(C(=O)O)ccc2n1. The van der Waals surface area contributed by atoms with Crippen molar-refractivity contribution in [1.82, 2.24) is 4.98 Å². The molecule has 0 radical (unpaired) electrons. The standard InChI is InChI=1S/C18H15ClN2O2/c1-10-7-13(19)4-6-15(10)21-17-8-11(2)20-16-5-3-12(18(22)23)9-14(16)17/h3-9H,1-2H3,(H,20,21)(H,22,23). The monoisotopic (exact) mass is 326 g/mol. The van der Waals surface area contributed by atoms with Crippen LogP contribution in [0, 0.1) is 13.8 Å². The lowest BCUT2D eigenvalue weighted by atomic mass is 10.1. The van der Waals surface area contributed by atoms with Gasteiger partial charge in [-0.1, -0.05) is 11.6 Å². The molecule has 0 fully saturated rings. The second-order valence-electron chi connectivity index (χ2n) is 5.43. The van der Waals surface area contributed by atoms with Crippen molar-refractivity contribution in [3.05, 3.63) is 64.3 Å². The maximum absolute atomic E-state index is 11.2. The van der Waals surface area contributed by atoms with Crippen molar-refractivity contribution in [3.63, 3.8) is 0 Å². The Hall–Kier alpha value is -2.59. The van der Waals surface area contributed by atoms with Crippen LogP contribution in [0.15, 0.2) is 42.5 Å². The fourth-order valence-corrected chi connectivity index (χ4v) is 2.73. The van der Waals surface area contributed by atoms with Crippen LogP contribution in [0.4, 0.5) is 11.4 Å². The highest BCUT2D eigenvalue weighted by atomic mass is 35.5. The minimum Gasteiger partial charge on any atom is -0.478 e. The van der Waals surface area contributed by atoms with Gasteiger partial charge in [-0.2, -0.15) is 0 Å². The lowest BCUT2D eigenvalue weighted by Crippen LogP contribution is -1.99. The number of pyridine rings is 1. The number of aromatic nitrogens is 1. The molecule has 0 saturated heterocycles. The molecule has 0 spiro atoms. The molecule has 3 aromatic rings. The van der Waals surface area contributed by atoms with Crippen LogP contribution in [0.3, 0.4) is 0 Å². The number of nitrogens with zero attached hydrogens (tertiary/aromatic N) is 1. The van der Waals surface area contributed by atoms with Crippen molar-refractivity contribution < 1.29 is 9.90 Å². The lowest BCUT2D eigenvalue weighted by Gasteiger charge is -2.13. The largest absolute Gasteiger partial charge is 0.478 e. The minimum absolute atomic E-state index is 0.235. The molecule has 0 aliphatic rings. The lowest BCUT2D eigenvalue weighted by molar-refractivity contribution is 0.0697. The van der Waals surface area contributed by atoms with E-state index in [-0.39, 0.29) is 5.56 Å². The average molecular weight is 327 g/mol. The van der Waals surface area contributed by atoms with Gasteiger partial charge in [0.2, 0.25) is 0 Å². The summed E-state index contributed by atoms with van der Waals surface area (Å²) in [6, 6.07) is 12.4. The van der Waals surface area contributed by atoms with E-state index in [2.05, 4.69) is 10.3 Å². The van der Waals surface area contributed by atoms with Gasteiger partial charge in [0.05, 0.1) is 11.1 Å². The van der Waals surface area contributed by atoms with Gasteiger partial charge < -0.3 is 10.4 Å². The zero-order chi connectivity index (χ0) is 16.6. The first-order valence-corrected chi connectivity index (χ1v) is 7.50. The molecule has 2 N–H and O–H groups in total. The molecule has 1 aromatic heterocycles. The van der Waals surface area contributed by atoms with E-state index in [1.54, 1.807) is 18.2 Å². The van der Waals surface area contributed by atoms with E-state index in [4.69, 9.17) is 11.6 Å². The first-order valence-electron chi connectivity index (χ1n) is 7.12. The van der Waals surface area contributed by atoms with Crippen molar-refractivity contribution in [1.29, 1.82) is 0 Å². The van der Waals surface area contributed by atoms with Crippen molar-refractivity contribution in [3.8, 4) is 0 Å². The van der Waals surface area contributed by atoms with E-state index in [0.717, 1.165) is 33.5 Å². The molecule has 23 heavy (non-hydrogen) atoms. The number of anilines is 2. The van der Waals surface area contributed by atoms with Gasteiger partial charge in [0.25, 0.3) is 0 Å². The second-order valence-corrected chi connectivity index (χ2v) is 5.87. The number of aromatic carboxylic acids is 1. The van der Waals surface area contributed by atoms with Crippen LogP contribution in [-0.2, 0) is 0 Å². The number of benzene rings is 2. The summed E-state index contributed by atoms with van der Waals surface area (Å²) in [5, 5.41) is 14.0. The number of aryl methyl sites for hydroxylation is 2. The van der Waals surface area contributed by atoms with Crippen LogP contribution in [0.2, 0.25) is 5.02 Å². The fourth-order valence-electron chi connectivity index (χ4n) is 2.51. The third-order valence-electron chi connectivity index (χ3n) is 3.64. The predicted octanol–water partition coefficient (Wildman–Crippen LogP) is 4.95. The molecule has 116 valence electrons. The molecule has 0 unspecified atom stereocenters. The summed E-state index contributed by atoms with van der Waals surface area (Å²) >= 11 is 5.99. The molecule has 4 nitrogen and oxygen atoms in total. The predicted molar refractivity (Wildman–Crippen MR) is 92.9 cm³/mol. The minimum atomic E-state index is -0.957. The quantitative estimate of drug-likeness (QED) is 0.715. The van der Waals surface area contributed by atoms with E-state index in [1.807, 2.05) is 38.1 Å². The maximum atomic E-state index is 11.2. The van der Waals surface area contributed by atoms with Gasteiger partial charge in [-0.05, 0) is 61.9 Å². The number of carboxylic acid groups (broad SMARTS) is 1. The topological polar surface area (TPSA) is 62.2 Å². The van der Waals surface area contributed by atoms with Gasteiger partial charge in [0.1, 0.15) is 0 Å². The molecule has 0 atom stereocenters. The number of fused-ring (bicyclic) bond motifs is 1. The summed E-state index contributed by atoms with van der Waals surface area (Å²) in [4.78, 5) is 15.7. The number of carbonyl (C=O) groups is 1. The number of nitrogens with one attached hydrogen (secondary N) is 1. The van der Waals surface area contributed by atoms with Gasteiger partial charge >= 0.3 is 5.97 Å². The first-order chi connectivity index (χ1) is 10.9. The Balaban J connectivity index is 2.15. The Morgan fingerprint density at radius 2 is 1.87 bits per heavy atom. The molecule has 5 heteroatoms. The Labute approximate surface area is 138 Å². The van der Waals surface area contributed by atoms with Crippen molar-refractivity contribution in [2.24, 2.45) is 0 Å². The maximum Gasteiger partial charge on any atom is 0.335 e. The highest BCUT2D eigenvalue weighted by molar-refractivity contribution is 6.30. The number of hydrogen-bond acceptors (Lipinski definition) is 3. The molecule has 0 saturated carbocycles.